The van der Waals surface area contributed by atoms with E-state index < -0.39 is 40.3 Å². The van der Waals surface area contributed by atoms with E-state index in [1.807, 2.05) is 0 Å². The van der Waals surface area contributed by atoms with Gasteiger partial charge in [-0.15, -0.1) is 0 Å². The number of rotatable bonds is 3. The molecule has 0 fully saturated rings. The van der Waals surface area contributed by atoms with Crippen LogP contribution in [0.15, 0.2) is 58.3 Å². The highest BCUT2D eigenvalue weighted by Gasteiger charge is 2.31. The fourth-order valence-electron chi connectivity index (χ4n) is 2.45. The number of hydrogen-bond acceptors (Lipinski definition) is 3. The van der Waals surface area contributed by atoms with Crippen molar-refractivity contribution >= 4 is 23.2 Å². The maximum absolute atomic E-state index is 13.1. The Morgan fingerprint density at radius 3 is 2.34 bits per heavy atom. The summed E-state index contributed by atoms with van der Waals surface area (Å²) in [5, 5.41) is 1.94. The summed E-state index contributed by atoms with van der Waals surface area (Å²) in [7, 11) is 0. The molecule has 0 aliphatic heterocycles. The number of nitrogens with one attached hydrogen (secondary N) is 2. The van der Waals surface area contributed by atoms with Crippen LogP contribution >= 0.6 is 11.6 Å². The molecule has 0 aliphatic carbocycles. The summed E-state index contributed by atoms with van der Waals surface area (Å²) in [5.41, 5.74) is -3.95. The van der Waals surface area contributed by atoms with E-state index in [9.17, 15) is 31.9 Å². The van der Waals surface area contributed by atoms with E-state index in [2.05, 4.69) is 10.3 Å². The second-order valence-electron chi connectivity index (χ2n) is 5.77. The fraction of sp³-hybridized carbons (Fsp3) is 0.0556. The molecule has 0 radical (unpaired) electrons. The van der Waals surface area contributed by atoms with E-state index in [1.54, 1.807) is 0 Å². The zero-order chi connectivity index (χ0) is 21.3. The number of halogens is 5. The second kappa shape index (κ2) is 7.55. The average Bonchev–Trinajstić information content (AvgIpc) is 2.64. The van der Waals surface area contributed by atoms with Crippen LogP contribution in [0.2, 0.25) is 5.02 Å². The second-order valence-corrected chi connectivity index (χ2v) is 6.18. The Morgan fingerprint density at radius 1 is 1.07 bits per heavy atom. The Hall–Kier alpha value is -3.40. The fourth-order valence-corrected chi connectivity index (χ4v) is 2.61. The number of alkyl halides is 3. The maximum atomic E-state index is 13.1. The first-order valence-electron chi connectivity index (χ1n) is 7.86. The highest BCUT2D eigenvalue weighted by atomic mass is 35.5. The number of aromatic nitrogens is 2. The van der Waals surface area contributed by atoms with Gasteiger partial charge in [-0.25, -0.2) is 13.8 Å². The molecule has 1 aromatic heterocycles. The highest BCUT2D eigenvalue weighted by molar-refractivity contribution is 6.34. The number of hydrogen-bond donors (Lipinski definition) is 2. The summed E-state index contributed by atoms with van der Waals surface area (Å²) >= 11 is 5.83. The molecule has 0 aliphatic rings. The van der Waals surface area contributed by atoms with Crippen LogP contribution in [0.4, 0.5) is 23.2 Å². The van der Waals surface area contributed by atoms with Crippen LogP contribution in [0.1, 0.15) is 15.9 Å². The molecule has 3 rings (SSSR count). The molecule has 0 atom stereocenters. The minimum Gasteiger partial charge on any atom is -0.320 e. The predicted molar refractivity (Wildman–Crippen MR) is 97.0 cm³/mol. The first-order valence-corrected chi connectivity index (χ1v) is 8.24. The van der Waals surface area contributed by atoms with Crippen molar-refractivity contribution in [2.45, 2.75) is 6.18 Å². The summed E-state index contributed by atoms with van der Waals surface area (Å²) in [5.74, 6) is -1.70. The Labute approximate surface area is 164 Å². The number of aromatic amines is 1. The molecular formula is C18H10ClF4N3O3. The van der Waals surface area contributed by atoms with Crippen molar-refractivity contribution in [1.29, 1.82) is 0 Å². The highest BCUT2D eigenvalue weighted by Crippen LogP contribution is 2.33. The van der Waals surface area contributed by atoms with E-state index in [0.29, 0.717) is 10.6 Å². The Kier molecular flexibility index (Phi) is 5.29. The third kappa shape index (κ3) is 4.21. The largest absolute Gasteiger partial charge is 0.416 e. The van der Waals surface area contributed by atoms with Crippen LogP contribution in [0.5, 0.6) is 0 Å². The van der Waals surface area contributed by atoms with E-state index >= 15 is 0 Å². The summed E-state index contributed by atoms with van der Waals surface area (Å²) in [6.07, 6.45) is -3.85. The van der Waals surface area contributed by atoms with Crippen LogP contribution in [-0.4, -0.2) is 15.5 Å². The van der Waals surface area contributed by atoms with Crippen LogP contribution in [0.3, 0.4) is 0 Å². The van der Waals surface area contributed by atoms with Gasteiger partial charge in [0.15, 0.2) is 0 Å². The lowest BCUT2D eigenvalue weighted by molar-refractivity contribution is -0.137. The number of anilines is 1. The first kappa shape index (κ1) is 20.3. The Bertz CT molecular complexity index is 1200. The quantitative estimate of drug-likeness (QED) is 0.627. The summed E-state index contributed by atoms with van der Waals surface area (Å²) in [6, 6.07) is 6.62. The summed E-state index contributed by atoms with van der Waals surface area (Å²) < 4.78 is 52.2. The Balaban J connectivity index is 2.01. The average molecular weight is 428 g/mol. The van der Waals surface area contributed by atoms with E-state index in [-0.39, 0.29) is 16.4 Å². The number of H-pyrrole nitrogens is 1. The van der Waals surface area contributed by atoms with E-state index in [4.69, 9.17) is 11.6 Å². The zero-order valence-electron chi connectivity index (χ0n) is 14.2. The van der Waals surface area contributed by atoms with Crippen molar-refractivity contribution in [2.75, 3.05) is 5.32 Å². The van der Waals surface area contributed by atoms with Gasteiger partial charge in [-0.2, -0.15) is 13.2 Å². The topological polar surface area (TPSA) is 84.0 Å². The van der Waals surface area contributed by atoms with Gasteiger partial charge in [-0.1, -0.05) is 11.6 Å². The van der Waals surface area contributed by atoms with Crippen LogP contribution in [-0.2, 0) is 6.18 Å². The SMILES string of the molecule is O=C(Nc1cc(C(F)(F)F)ccc1Cl)c1c[nH]c(=O)n(-c2ccc(F)cc2)c1=O. The number of amides is 1. The molecule has 0 bridgehead atoms. The smallest absolute Gasteiger partial charge is 0.320 e. The molecule has 3 aromatic rings. The summed E-state index contributed by atoms with van der Waals surface area (Å²) in [4.78, 5) is 39.2. The molecule has 0 spiro atoms. The van der Waals surface area contributed by atoms with Gasteiger partial charge in [0.25, 0.3) is 11.5 Å². The van der Waals surface area contributed by atoms with Crippen molar-refractivity contribution in [1.82, 2.24) is 9.55 Å². The van der Waals surface area contributed by atoms with Crippen molar-refractivity contribution in [3.8, 4) is 5.69 Å². The number of nitrogens with zero attached hydrogens (tertiary/aromatic N) is 1. The van der Waals surface area contributed by atoms with Gasteiger partial charge in [0.05, 0.1) is 22.0 Å². The Morgan fingerprint density at radius 2 is 1.72 bits per heavy atom. The third-order valence-electron chi connectivity index (χ3n) is 3.85. The zero-order valence-corrected chi connectivity index (χ0v) is 14.9. The lowest BCUT2D eigenvalue weighted by Crippen LogP contribution is -2.38. The van der Waals surface area contributed by atoms with Crippen LogP contribution in [0.25, 0.3) is 5.69 Å². The van der Waals surface area contributed by atoms with Gasteiger partial charge in [0.2, 0.25) is 0 Å². The van der Waals surface area contributed by atoms with Crippen molar-refractivity contribution in [3.05, 3.63) is 91.5 Å². The standard InChI is InChI=1S/C18H10ClF4N3O3/c19-13-6-1-9(18(21,22)23)7-14(13)25-15(27)12-8-24-17(29)26(16(12)28)11-4-2-10(20)3-5-11/h1-8H,(H,24,29)(H,25,27). The normalized spacial score (nSPS) is 11.3. The summed E-state index contributed by atoms with van der Waals surface area (Å²) in [6.45, 7) is 0. The van der Waals surface area contributed by atoms with E-state index in [0.717, 1.165) is 42.6 Å². The molecule has 0 unspecified atom stereocenters. The van der Waals surface area contributed by atoms with E-state index in [1.165, 1.54) is 0 Å². The third-order valence-corrected chi connectivity index (χ3v) is 4.18. The molecule has 6 nitrogen and oxygen atoms in total. The van der Waals surface area contributed by atoms with Gasteiger partial charge in [-0.3, -0.25) is 9.59 Å². The van der Waals surface area contributed by atoms with Gasteiger partial charge < -0.3 is 10.3 Å². The molecule has 150 valence electrons. The monoisotopic (exact) mass is 427 g/mol. The molecule has 29 heavy (non-hydrogen) atoms. The minimum atomic E-state index is -4.67. The molecule has 1 amide bonds. The number of carbonyl (C=O) groups excluding carboxylic acids is 1. The minimum absolute atomic E-state index is 0.00981. The molecule has 0 saturated heterocycles. The van der Waals surface area contributed by atoms with Crippen LogP contribution in [0, 0.1) is 5.82 Å². The molecule has 2 N–H and O–H groups in total. The van der Waals surface area contributed by atoms with Gasteiger partial charge in [-0.05, 0) is 42.5 Å². The van der Waals surface area contributed by atoms with Crippen molar-refractivity contribution in [3.63, 3.8) is 0 Å². The van der Waals surface area contributed by atoms with Gasteiger partial charge in [0.1, 0.15) is 11.4 Å². The molecule has 11 heteroatoms. The first-order chi connectivity index (χ1) is 13.6. The molecule has 2 aromatic carbocycles. The number of benzene rings is 2. The lowest BCUT2D eigenvalue weighted by Gasteiger charge is -2.12. The van der Waals surface area contributed by atoms with Crippen molar-refractivity contribution in [2.24, 2.45) is 0 Å². The van der Waals surface area contributed by atoms with Crippen molar-refractivity contribution < 1.29 is 22.4 Å². The number of carbonyl (C=O) groups is 1. The molecule has 1 heterocycles. The van der Waals surface area contributed by atoms with Gasteiger partial charge in [0, 0.05) is 6.20 Å². The lowest BCUT2D eigenvalue weighted by atomic mass is 10.2. The predicted octanol–water partition coefficient (Wildman–Crippen LogP) is 3.59. The molecular weight excluding hydrogens is 418 g/mol. The maximum Gasteiger partial charge on any atom is 0.416 e. The molecule has 0 saturated carbocycles. The van der Waals surface area contributed by atoms with Crippen LogP contribution < -0.4 is 16.6 Å². The van der Waals surface area contributed by atoms with Gasteiger partial charge >= 0.3 is 11.9 Å².